The van der Waals surface area contributed by atoms with E-state index >= 15 is 0 Å². The van der Waals surface area contributed by atoms with E-state index in [1.807, 2.05) is 6.92 Å². The molecule has 0 N–H and O–H groups in total. The Morgan fingerprint density at radius 1 is 1.04 bits per heavy atom. The van der Waals surface area contributed by atoms with E-state index in [1.165, 1.54) is 0 Å². The summed E-state index contributed by atoms with van der Waals surface area (Å²) in [4.78, 5) is 12.3. The first kappa shape index (κ1) is 16.0. The van der Waals surface area contributed by atoms with Crippen molar-refractivity contribution < 1.29 is 13.2 Å². The Balaban J connectivity index is 1.91. The minimum atomic E-state index is -3.98. The number of aromatic nitrogens is 4. The summed E-state index contributed by atoms with van der Waals surface area (Å²) in [6.07, 6.45) is 0. The summed E-state index contributed by atoms with van der Waals surface area (Å²) in [7, 11) is -3.98. The number of carbonyl (C=O) groups excluding carboxylic acids is 1. The van der Waals surface area contributed by atoms with Crippen molar-refractivity contribution in [2.24, 2.45) is 0 Å². The highest BCUT2D eigenvalue weighted by atomic mass is 32.2. The SMILES string of the molecule is Cc1ccc(C(=O)CS(=O)(=O)c2nnnn2-c2ccccc2)cc1. The van der Waals surface area contributed by atoms with Crippen LogP contribution in [0.3, 0.4) is 0 Å². The highest BCUT2D eigenvalue weighted by Crippen LogP contribution is 2.14. The fourth-order valence-electron chi connectivity index (χ4n) is 2.16. The Hall–Kier alpha value is -2.87. The van der Waals surface area contributed by atoms with Crippen LogP contribution in [0, 0.1) is 6.92 Å². The van der Waals surface area contributed by atoms with Gasteiger partial charge in [0.05, 0.1) is 5.69 Å². The first-order valence-electron chi connectivity index (χ1n) is 7.14. The van der Waals surface area contributed by atoms with Gasteiger partial charge in [-0.25, -0.2) is 8.42 Å². The molecular formula is C16H14N4O3S. The molecule has 0 radical (unpaired) electrons. The minimum absolute atomic E-state index is 0.336. The zero-order valence-electron chi connectivity index (χ0n) is 12.8. The van der Waals surface area contributed by atoms with Crippen molar-refractivity contribution in [2.75, 3.05) is 5.75 Å². The number of nitrogens with zero attached hydrogens (tertiary/aromatic N) is 4. The fourth-order valence-corrected chi connectivity index (χ4v) is 3.37. The van der Waals surface area contributed by atoms with Crippen LogP contribution >= 0.6 is 0 Å². The molecule has 0 fully saturated rings. The summed E-state index contributed by atoms with van der Waals surface area (Å²) in [5.41, 5.74) is 1.83. The zero-order chi connectivity index (χ0) is 17.2. The number of Topliss-reactive ketones (excluding diaryl/α,β-unsaturated/α-hetero) is 1. The van der Waals surface area contributed by atoms with Gasteiger partial charge in [0.25, 0.3) is 5.16 Å². The predicted octanol–water partition coefficient (Wildman–Crippen LogP) is 1.63. The zero-order valence-corrected chi connectivity index (χ0v) is 13.6. The van der Waals surface area contributed by atoms with Gasteiger partial charge in [-0.2, -0.15) is 4.68 Å². The lowest BCUT2D eigenvalue weighted by atomic mass is 10.1. The lowest BCUT2D eigenvalue weighted by molar-refractivity contribution is 0.102. The first-order valence-corrected chi connectivity index (χ1v) is 8.79. The maximum absolute atomic E-state index is 12.6. The third-order valence-corrected chi connectivity index (χ3v) is 4.87. The van der Waals surface area contributed by atoms with Crippen molar-refractivity contribution >= 4 is 15.6 Å². The predicted molar refractivity (Wildman–Crippen MR) is 86.7 cm³/mol. The lowest BCUT2D eigenvalue weighted by Gasteiger charge is -2.05. The average molecular weight is 342 g/mol. The molecule has 1 aromatic heterocycles. The molecule has 8 heteroatoms. The molecule has 2 aromatic carbocycles. The molecule has 122 valence electrons. The van der Waals surface area contributed by atoms with Crippen LogP contribution in [0.5, 0.6) is 0 Å². The number of para-hydroxylation sites is 1. The van der Waals surface area contributed by atoms with E-state index < -0.39 is 21.4 Å². The van der Waals surface area contributed by atoms with E-state index in [9.17, 15) is 13.2 Å². The van der Waals surface area contributed by atoms with Gasteiger partial charge in [-0.05, 0) is 29.5 Å². The number of rotatable bonds is 5. The van der Waals surface area contributed by atoms with E-state index in [0.29, 0.717) is 11.3 Å². The Bertz CT molecular complexity index is 964. The van der Waals surface area contributed by atoms with Crippen LogP contribution in [-0.4, -0.2) is 40.2 Å². The Morgan fingerprint density at radius 3 is 2.38 bits per heavy atom. The molecule has 0 atom stereocenters. The lowest BCUT2D eigenvalue weighted by Crippen LogP contribution is -2.20. The van der Waals surface area contributed by atoms with E-state index in [-0.39, 0.29) is 5.16 Å². The number of carbonyl (C=O) groups is 1. The van der Waals surface area contributed by atoms with E-state index in [2.05, 4.69) is 15.5 Å². The molecular weight excluding hydrogens is 328 g/mol. The maximum atomic E-state index is 12.6. The van der Waals surface area contributed by atoms with Gasteiger partial charge >= 0.3 is 0 Å². The van der Waals surface area contributed by atoms with Gasteiger partial charge in [0.2, 0.25) is 9.84 Å². The van der Waals surface area contributed by atoms with Gasteiger partial charge in [-0.3, -0.25) is 4.79 Å². The van der Waals surface area contributed by atoms with E-state index in [0.717, 1.165) is 10.2 Å². The quantitative estimate of drug-likeness (QED) is 0.654. The van der Waals surface area contributed by atoms with Gasteiger partial charge in [0.1, 0.15) is 5.75 Å². The van der Waals surface area contributed by atoms with Crippen molar-refractivity contribution in [1.29, 1.82) is 0 Å². The van der Waals surface area contributed by atoms with Gasteiger partial charge in [-0.1, -0.05) is 53.1 Å². The number of hydrogen-bond acceptors (Lipinski definition) is 6. The smallest absolute Gasteiger partial charge is 0.272 e. The molecule has 1 heterocycles. The molecule has 24 heavy (non-hydrogen) atoms. The molecule has 0 aliphatic carbocycles. The summed E-state index contributed by atoms with van der Waals surface area (Å²) < 4.78 is 26.2. The van der Waals surface area contributed by atoms with Crippen molar-refractivity contribution in [3.8, 4) is 5.69 Å². The summed E-state index contributed by atoms with van der Waals surface area (Å²) in [6, 6.07) is 15.4. The first-order chi connectivity index (χ1) is 11.5. The average Bonchev–Trinajstić information content (AvgIpc) is 3.06. The van der Waals surface area contributed by atoms with Crippen molar-refractivity contribution in [3.05, 3.63) is 65.7 Å². The van der Waals surface area contributed by atoms with E-state index in [1.54, 1.807) is 54.6 Å². The number of benzene rings is 2. The molecule has 0 saturated carbocycles. The third-order valence-electron chi connectivity index (χ3n) is 3.41. The number of sulfone groups is 1. The topological polar surface area (TPSA) is 94.8 Å². The van der Waals surface area contributed by atoms with Crippen LogP contribution in [0.15, 0.2) is 59.8 Å². The summed E-state index contributed by atoms with van der Waals surface area (Å²) in [5, 5.41) is 10.4. The molecule has 0 spiro atoms. The standard InChI is InChI=1S/C16H14N4O3S/c1-12-7-9-13(10-8-12)15(21)11-24(22,23)16-17-18-19-20(16)14-5-3-2-4-6-14/h2-10H,11H2,1H3. The Kier molecular flexibility index (Phi) is 4.22. The van der Waals surface area contributed by atoms with Gasteiger partial charge < -0.3 is 0 Å². The molecule has 0 aliphatic heterocycles. The van der Waals surface area contributed by atoms with Crippen molar-refractivity contribution in [2.45, 2.75) is 12.1 Å². The second kappa shape index (κ2) is 6.32. The number of ketones is 1. The van der Waals surface area contributed by atoms with Crippen LogP contribution in [-0.2, 0) is 9.84 Å². The van der Waals surface area contributed by atoms with Gasteiger partial charge in [-0.15, -0.1) is 0 Å². The van der Waals surface area contributed by atoms with Crippen molar-refractivity contribution in [1.82, 2.24) is 20.2 Å². The van der Waals surface area contributed by atoms with Crippen LogP contribution in [0.4, 0.5) is 0 Å². The molecule has 0 amide bonds. The molecule has 7 nitrogen and oxygen atoms in total. The second-order valence-electron chi connectivity index (χ2n) is 5.26. The van der Waals surface area contributed by atoms with Crippen LogP contribution in [0.1, 0.15) is 15.9 Å². The number of hydrogen-bond donors (Lipinski definition) is 0. The van der Waals surface area contributed by atoms with Crippen LogP contribution in [0.2, 0.25) is 0 Å². The highest BCUT2D eigenvalue weighted by molar-refractivity contribution is 7.92. The fraction of sp³-hybridized carbons (Fsp3) is 0.125. The molecule has 0 saturated heterocycles. The largest absolute Gasteiger partial charge is 0.293 e. The van der Waals surface area contributed by atoms with Gasteiger partial charge in [0.15, 0.2) is 5.78 Å². The highest BCUT2D eigenvalue weighted by Gasteiger charge is 2.27. The van der Waals surface area contributed by atoms with E-state index in [4.69, 9.17) is 0 Å². The van der Waals surface area contributed by atoms with Gasteiger partial charge in [0, 0.05) is 5.56 Å². The minimum Gasteiger partial charge on any atom is -0.293 e. The number of aryl methyl sites for hydroxylation is 1. The molecule has 3 rings (SSSR count). The molecule has 3 aromatic rings. The summed E-state index contributed by atoms with van der Waals surface area (Å²) in [5.74, 6) is -1.19. The van der Waals surface area contributed by atoms with Crippen molar-refractivity contribution in [3.63, 3.8) is 0 Å². The third kappa shape index (κ3) is 3.23. The monoisotopic (exact) mass is 342 g/mol. The maximum Gasteiger partial charge on any atom is 0.272 e. The summed E-state index contributed by atoms with van der Waals surface area (Å²) in [6.45, 7) is 1.89. The molecule has 0 aliphatic rings. The summed E-state index contributed by atoms with van der Waals surface area (Å²) >= 11 is 0. The Labute approximate surface area is 138 Å². The normalized spacial score (nSPS) is 11.4. The number of tetrazole rings is 1. The molecule has 0 unspecified atom stereocenters. The van der Waals surface area contributed by atoms with Crippen LogP contribution in [0.25, 0.3) is 5.69 Å². The second-order valence-corrected chi connectivity index (χ2v) is 7.14. The Morgan fingerprint density at radius 2 is 1.71 bits per heavy atom. The molecule has 0 bridgehead atoms. The van der Waals surface area contributed by atoms with Crippen LogP contribution < -0.4 is 0 Å².